The number of urea groups is 1. The fraction of sp³-hybridized carbons (Fsp3) is 0.400. The molecule has 7 nitrogen and oxygen atoms in total. The molecule has 13 heteroatoms. The molecule has 2 fully saturated rings. The van der Waals surface area contributed by atoms with Gasteiger partial charge in [-0.3, -0.25) is 9.69 Å². The van der Waals surface area contributed by atoms with Gasteiger partial charge in [-0.1, -0.05) is 0 Å². The van der Waals surface area contributed by atoms with Crippen LogP contribution >= 0.6 is 0 Å². The highest BCUT2D eigenvalue weighted by molar-refractivity contribution is 5.99. The van der Waals surface area contributed by atoms with Gasteiger partial charge < -0.3 is 10.2 Å². The third-order valence-corrected chi connectivity index (χ3v) is 5.41. The number of aromatic nitrogens is 2. The van der Waals surface area contributed by atoms with Crippen LogP contribution in [-0.4, -0.2) is 45.9 Å². The van der Waals surface area contributed by atoms with Gasteiger partial charge in [-0.05, 0) is 43.0 Å². The number of nitrogens with one attached hydrogen (secondary N) is 1. The number of halogens is 6. The molecule has 1 atom stereocenters. The predicted molar refractivity (Wildman–Crippen MR) is 103 cm³/mol. The molecular weight excluding hydrogens is 456 g/mol. The maximum absolute atomic E-state index is 13.0. The number of nitrogens with zero attached hydrogens (tertiary/aromatic N) is 4. The normalized spacial score (nSPS) is 19.2. The molecule has 4 rings (SSSR count). The number of rotatable bonds is 5. The Bertz CT molecular complexity index is 1030. The average molecular weight is 473 g/mol. The van der Waals surface area contributed by atoms with Crippen LogP contribution in [0.25, 0.3) is 0 Å². The molecule has 33 heavy (non-hydrogen) atoms. The molecule has 2 aromatic rings. The van der Waals surface area contributed by atoms with Gasteiger partial charge in [0, 0.05) is 6.54 Å². The van der Waals surface area contributed by atoms with Gasteiger partial charge in [0.1, 0.15) is 17.9 Å². The predicted octanol–water partition coefficient (Wildman–Crippen LogP) is 4.17. The second kappa shape index (κ2) is 8.19. The Labute approximate surface area is 183 Å². The van der Waals surface area contributed by atoms with Crippen molar-refractivity contribution in [3.8, 4) is 0 Å². The van der Waals surface area contributed by atoms with Crippen molar-refractivity contribution in [3.63, 3.8) is 0 Å². The van der Waals surface area contributed by atoms with Gasteiger partial charge in [0.2, 0.25) is 5.91 Å². The first kappa shape index (κ1) is 22.8. The van der Waals surface area contributed by atoms with Crippen LogP contribution in [0.4, 0.5) is 42.5 Å². The van der Waals surface area contributed by atoms with Crippen LogP contribution in [0.3, 0.4) is 0 Å². The van der Waals surface area contributed by atoms with Crippen molar-refractivity contribution in [3.05, 3.63) is 48.0 Å². The highest BCUT2D eigenvalue weighted by atomic mass is 19.4. The molecular formula is C20H17F6N5O2. The average Bonchev–Trinajstić information content (AvgIpc) is 3.53. The molecule has 1 saturated heterocycles. The molecule has 0 aromatic carbocycles. The third kappa shape index (κ3) is 5.01. The highest BCUT2D eigenvalue weighted by Crippen LogP contribution is 2.40. The van der Waals surface area contributed by atoms with Crippen LogP contribution < -0.4 is 10.2 Å². The lowest BCUT2D eigenvalue weighted by atomic mass is 10.1. The number of amides is 3. The molecule has 2 aromatic heterocycles. The summed E-state index contributed by atoms with van der Waals surface area (Å²) in [6.07, 6.45) is -5.71. The molecule has 3 heterocycles. The van der Waals surface area contributed by atoms with Crippen LogP contribution in [0.2, 0.25) is 0 Å². The number of carbonyl (C=O) groups excluding carboxylic acids is 2. The van der Waals surface area contributed by atoms with Crippen molar-refractivity contribution in [1.82, 2.24) is 14.9 Å². The molecule has 0 bridgehead atoms. The van der Waals surface area contributed by atoms with E-state index >= 15 is 0 Å². The van der Waals surface area contributed by atoms with Crippen molar-refractivity contribution >= 4 is 23.3 Å². The number of hydrogen-bond acceptors (Lipinski definition) is 4. The lowest BCUT2D eigenvalue weighted by molar-refractivity contribution is -0.141. The molecule has 1 N–H and O–H groups in total. The zero-order chi connectivity index (χ0) is 24.0. The van der Waals surface area contributed by atoms with E-state index in [0.717, 1.165) is 49.5 Å². The second-order valence-corrected chi connectivity index (χ2v) is 7.80. The zero-order valence-corrected chi connectivity index (χ0v) is 16.8. The van der Waals surface area contributed by atoms with Gasteiger partial charge in [-0.2, -0.15) is 26.3 Å². The molecule has 1 aliphatic carbocycles. The number of hydrogen-bond donors (Lipinski definition) is 1. The summed E-state index contributed by atoms with van der Waals surface area (Å²) in [5.74, 6) is -0.482. The van der Waals surface area contributed by atoms with E-state index in [-0.39, 0.29) is 36.4 Å². The van der Waals surface area contributed by atoms with Gasteiger partial charge in [0.25, 0.3) is 0 Å². The first-order chi connectivity index (χ1) is 15.4. The van der Waals surface area contributed by atoms with E-state index in [9.17, 15) is 35.9 Å². The van der Waals surface area contributed by atoms with Crippen molar-refractivity contribution < 1.29 is 35.9 Å². The molecule has 3 amide bonds. The molecule has 2 aliphatic rings. The lowest BCUT2D eigenvalue weighted by Gasteiger charge is -2.22. The van der Waals surface area contributed by atoms with E-state index in [2.05, 4.69) is 15.3 Å². The van der Waals surface area contributed by atoms with Crippen LogP contribution in [0.15, 0.2) is 36.7 Å². The van der Waals surface area contributed by atoms with Crippen molar-refractivity contribution in [2.45, 2.75) is 31.2 Å². The molecule has 1 saturated carbocycles. The Morgan fingerprint density at radius 1 is 0.970 bits per heavy atom. The van der Waals surface area contributed by atoms with Crippen molar-refractivity contribution in [1.29, 1.82) is 0 Å². The summed E-state index contributed by atoms with van der Waals surface area (Å²) >= 11 is 0. The van der Waals surface area contributed by atoms with E-state index in [0.29, 0.717) is 0 Å². The summed E-state index contributed by atoms with van der Waals surface area (Å²) in [7, 11) is 0. The molecule has 0 unspecified atom stereocenters. The second-order valence-electron chi connectivity index (χ2n) is 7.80. The van der Waals surface area contributed by atoms with E-state index in [4.69, 9.17) is 0 Å². The maximum atomic E-state index is 13.0. The minimum Gasteiger partial charge on any atom is -0.323 e. The van der Waals surface area contributed by atoms with Crippen LogP contribution in [0.1, 0.15) is 24.2 Å². The third-order valence-electron chi connectivity index (χ3n) is 5.41. The van der Waals surface area contributed by atoms with E-state index in [1.165, 1.54) is 9.80 Å². The van der Waals surface area contributed by atoms with Gasteiger partial charge in [0.15, 0.2) is 0 Å². The van der Waals surface area contributed by atoms with Gasteiger partial charge in [0.05, 0.1) is 29.8 Å². The maximum Gasteiger partial charge on any atom is 0.433 e. The first-order valence-corrected chi connectivity index (χ1v) is 9.88. The van der Waals surface area contributed by atoms with Gasteiger partial charge in [-0.15, -0.1) is 0 Å². The summed E-state index contributed by atoms with van der Waals surface area (Å²) in [5.41, 5.74) is -1.98. The topological polar surface area (TPSA) is 78.4 Å². The Kier molecular flexibility index (Phi) is 5.66. The summed E-state index contributed by atoms with van der Waals surface area (Å²) < 4.78 is 76.1. The standard InChI is InChI=1S/C20H17F6N5O2/c21-19(22,23)15-5-3-12(7-27-15)29-17(32)10-31-14(11-1-2-11)9-30(18(31)33)13-4-6-16(28-8-13)20(24,25)26/h3-8,11,14H,1-2,9-10H2,(H,29,32)/t14-/m1/s1. The Morgan fingerprint density at radius 3 is 2.06 bits per heavy atom. The molecule has 0 radical (unpaired) electrons. The lowest BCUT2D eigenvalue weighted by Crippen LogP contribution is -2.41. The number of anilines is 2. The Morgan fingerprint density at radius 2 is 1.58 bits per heavy atom. The monoisotopic (exact) mass is 473 g/mol. The van der Waals surface area contributed by atoms with E-state index < -0.39 is 35.7 Å². The summed E-state index contributed by atoms with van der Waals surface area (Å²) in [6, 6.07) is 2.82. The molecule has 176 valence electrons. The number of pyridine rings is 2. The highest BCUT2D eigenvalue weighted by Gasteiger charge is 2.46. The van der Waals surface area contributed by atoms with Crippen LogP contribution in [0.5, 0.6) is 0 Å². The van der Waals surface area contributed by atoms with E-state index in [1.54, 1.807) is 0 Å². The SMILES string of the molecule is O=C(CN1C(=O)N(c2ccc(C(F)(F)F)nc2)C[C@@H]1C1CC1)Nc1ccc(C(F)(F)F)nc1. The number of alkyl halides is 6. The summed E-state index contributed by atoms with van der Waals surface area (Å²) in [4.78, 5) is 34.7. The van der Waals surface area contributed by atoms with Crippen LogP contribution in [-0.2, 0) is 17.1 Å². The Balaban J connectivity index is 1.45. The summed E-state index contributed by atoms with van der Waals surface area (Å²) in [5, 5.41) is 2.41. The Hall–Kier alpha value is -3.38. The van der Waals surface area contributed by atoms with Crippen molar-refractivity contribution in [2.75, 3.05) is 23.3 Å². The zero-order valence-electron chi connectivity index (χ0n) is 16.8. The smallest absolute Gasteiger partial charge is 0.323 e. The summed E-state index contributed by atoms with van der Waals surface area (Å²) in [6.45, 7) is -0.183. The first-order valence-electron chi connectivity index (χ1n) is 9.88. The number of carbonyl (C=O) groups is 2. The fourth-order valence-corrected chi connectivity index (χ4v) is 3.65. The minimum atomic E-state index is -4.61. The minimum absolute atomic E-state index is 0.0337. The molecule has 1 aliphatic heterocycles. The van der Waals surface area contributed by atoms with Gasteiger partial charge >= 0.3 is 18.4 Å². The van der Waals surface area contributed by atoms with E-state index in [1.807, 2.05) is 0 Å². The molecule has 0 spiro atoms. The van der Waals surface area contributed by atoms with Crippen LogP contribution in [0, 0.1) is 5.92 Å². The quantitative estimate of drug-likeness (QED) is 0.662. The fourth-order valence-electron chi connectivity index (χ4n) is 3.65. The van der Waals surface area contributed by atoms with Gasteiger partial charge in [-0.25, -0.2) is 14.8 Å². The van der Waals surface area contributed by atoms with Crippen molar-refractivity contribution in [2.24, 2.45) is 5.92 Å². The largest absolute Gasteiger partial charge is 0.433 e.